The smallest absolute Gasteiger partial charge is 0.257 e. The predicted octanol–water partition coefficient (Wildman–Crippen LogP) is 2.70. The molecule has 3 rings (SSSR count). The van der Waals surface area contributed by atoms with Crippen LogP contribution >= 0.6 is 11.6 Å². The maximum absolute atomic E-state index is 6.38. The van der Waals surface area contributed by atoms with Gasteiger partial charge in [0.05, 0.1) is 29.1 Å². The fraction of sp³-hybridized carbons (Fsp3) is 0.500. The Morgan fingerprint density at radius 1 is 1.33 bits per heavy atom. The molecule has 1 aliphatic heterocycles. The maximum Gasteiger partial charge on any atom is 0.257 e. The van der Waals surface area contributed by atoms with Crippen LogP contribution in [0.25, 0.3) is 0 Å². The van der Waals surface area contributed by atoms with Gasteiger partial charge in [-0.1, -0.05) is 16.8 Å². The summed E-state index contributed by atoms with van der Waals surface area (Å²) in [6, 6.07) is 1.92. The first-order valence-corrected chi connectivity index (χ1v) is 7.24. The van der Waals surface area contributed by atoms with Crippen LogP contribution in [0.15, 0.2) is 16.8 Å². The third-order valence-electron chi connectivity index (χ3n) is 3.46. The van der Waals surface area contributed by atoms with Crippen molar-refractivity contribution in [1.29, 1.82) is 0 Å². The van der Waals surface area contributed by atoms with Gasteiger partial charge in [-0.05, 0) is 26.8 Å². The Balaban J connectivity index is 1.88. The molecule has 0 radical (unpaired) electrons. The van der Waals surface area contributed by atoms with E-state index in [4.69, 9.17) is 20.9 Å². The molecule has 0 unspecified atom stereocenters. The van der Waals surface area contributed by atoms with Crippen molar-refractivity contribution in [2.24, 2.45) is 0 Å². The molecule has 0 bridgehead atoms. The number of morpholine rings is 1. The normalized spacial score (nSPS) is 22.6. The molecule has 0 spiro atoms. The molecular formula is C14H17ClN4O2. The number of aromatic nitrogens is 3. The van der Waals surface area contributed by atoms with E-state index in [0.717, 1.165) is 17.9 Å². The van der Waals surface area contributed by atoms with E-state index in [1.807, 2.05) is 19.9 Å². The van der Waals surface area contributed by atoms with Gasteiger partial charge in [0, 0.05) is 12.7 Å². The fourth-order valence-corrected chi connectivity index (χ4v) is 2.74. The highest BCUT2D eigenvalue weighted by molar-refractivity contribution is 6.33. The Kier molecular flexibility index (Phi) is 3.82. The van der Waals surface area contributed by atoms with Crippen molar-refractivity contribution in [3.63, 3.8) is 0 Å². The van der Waals surface area contributed by atoms with Gasteiger partial charge >= 0.3 is 0 Å². The molecule has 0 saturated carbocycles. The van der Waals surface area contributed by atoms with E-state index in [0.29, 0.717) is 23.3 Å². The van der Waals surface area contributed by atoms with Gasteiger partial charge in [-0.25, -0.2) is 0 Å². The summed E-state index contributed by atoms with van der Waals surface area (Å²) in [7, 11) is 0. The molecule has 0 N–H and O–H groups in total. The number of hydrogen-bond acceptors (Lipinski definition) is 6. The topological polar surface area (TPSA) is 64.3 Å². The number of pyridine rings is 1. The van der Waals surface area contributed by atoms with Gasteiger partial charge < -0.3 is 14.2 Å². The molecule has 6 nitrogen and oxygen atoms in total. The van der Waals surface area contributed by atoms with Gasteiger partial charge in [0.2, 0.25) is 0 Å². The lowest BCUT2D eigenvalue weighted by molar-refractivity contribution is -0.0331. The van der Waals surface area contributed by atoms with Crippen molar-refractivity contribution in [2.75, 3.05) is 18.0 Å². The molecule has 2 atom stereocenters. The first-order chi connectivity index (χ1) is 10.0. The van der Waals surface area contributed by atoms with Gasteiger partial charge in [0.25, 0.3) is 5.89 Å². The van der Waals surface area contributed by atoms with E-state index in [9.17, 15) is 0 Å². The molecule has 0 amide bonds. The predicted molar refractivity (Wildman–Crippen MR) is 78.5 cm³/mol. The third kappa shape index (κ3) is 2.87. The lowest BCUT2D eigenvalue weighted by Crippen LogP contribution is -2.43. The van der Waals surface area contributed by atoms with E-state index in [2.05, 4.69) is 20.0 Å². The van der Waals surface area contributed by atoms with Crippen LogP contribution in [0, 0.1) is 13.8 Å². The Morgan fingerprint density at radius 3 is 2.86 bits per heavy atom. The first-order valence-electron chi connectivity index (χ1n) is 6.86. The Labute approximate surface area is 128 Å². The van der Waals surface area contributed by atoms with Crippen LogP contribution in [-0.4, -0.2) is 34.3 Å². The van der Waals surface area contributed by atoms with Gasteiger partial charge in [-0.3, -0.25) is 4.98 Å². The molecule has 3 heterocycles. The Bertz CT molecular complexity index is 646. The summed E-state index contributed by atoms with van der Waals surface area (Å²) in [6.45, 7) is 7.08. The zero-order valence-corrected chi connectivity index (χ0v) is 13.0. The molecule has 1 saturated heterocycles. The standard InChI is InChI=1S/C14H17ClN4O2/c1-8-6-19(11-4-5-16-9(2)13(11)15)7-12(20-8)14-17-10(3)18-21-14/h4-5,8,12H,6-7H2,1-3H3/t8-,12-/m1/s1. The third-order valence-corrected chi connectivity index (χ3v) is 3.93. The summed E-state index contributed by atoms with van der Waals surface area (Å²) in [5.74, 6) is 1.11. The van der Waals surface area contributed by atoms with Crippen molar-refractivity contribution in [3.05, 3.63) is 34.7 Å². The number of hydrogen-bond donors (Lipinski definition) is 0. The minimum atomic E-state index is -0.250. The minimum absolute atomic E-state index is 0.0421. The van der Waals surface area contributed by atoms with Crippen molar-refractivity contribution < 1.29 is 9.26 Å². The molecule has 1 fully saturated rings. The second kappa shape index (κ2) is 5.61. The molecule has 1 aliphatic rings. The van der Waals surface area contributed by atoms with Crippen molar-refractivity contribution in [2.45, 2.75) is 33.0 Å². The number of rotatable bonds is 2. The Hall–Kier alpha value is -1.66. The van der Waals surface area contributed by atoms with E-state index in [1.165, 1.54) is 0 Å². The summed E-state index contributed by atoms with van der Waals surface area (Å²) in [6.07, 6.45) is 1.56. The van der Waals surface area contributed by atoms with E-state index >= 15 is 0 Å². The van der Waals surface area contributed by atoms with Crippen molar-refractivity contribution >= 4 is 17.3 Å². The number of nitrogens with zero attached hydrogens (tertiary/aromatic N) is 4. The molecule has 7 heteroatoms. The van der Waals surface area contributed by atoms with Crippen LogP contribution in [0.4, 0.5) is 5.69 Å². The highest BCUT2D eigenvalue weighted by atomic mass is 35.5. The number of anilines is 1. The lowest BCUT2D eigenvalue weighted by Gasteiger charge is -2.37. The number of halogens is 1. The average Bonchev–Trinajstić information content (AvgIpc) is 2.88. The molecule has 2 aromatic rings. The number of ether oxygens (including phenoxy) is 1. The molecular weight excluding hydrogens is 292 g/mol. The average molecular weight is 309 g/mol. The molecule has 0 aromatic carbocycles. The van der Waals surface area contributed by atoms with E-state index in [-0.39, 0.29) is 12.2 Å². The summed E-state index contributed by atoms with van der Waals surface area (Å²) in [4.78, 5) is 10.6. The van der Waals surface area contributed by atoms with Crippen molar-refractivity contribution in [1.82, 2.24) is 15.1 Å². The Morgan fingerprint density at radius 2 is 2.14 bits per heavy atom. The number of aryl methyl sites for hydroxylation is 2. The molecule has 2 aromatic heterocycles. The molecule has 0 aliphatic carbocycles. The molecule has 112 valence electrons. The monoisotopic (exact) mass is 308 g/mol. The summed E-state index contributed by atoms with van der Waals surface area (Å²) in [5, 5.41) is 4.50. The van der Waals surface area contributed by atoms with Gasteiger partial charge in [0.15, 0.2) is 11.9 Å². The molecule has 21 heavy (non-hydrogen) atoms. The van der Waals surface area contributed by atoms with Gasteiger partial charge in [0.1, 0.15) is 0 Å². The zero-order valence-electron chi connectivity index (χ0n) is 12.2. The highest BCUT2D eigenvalue weighted by Gasteiger charge is 2.31. The quantitative estimate of drug-likeness (QED) is 0.850. The second-order valence-electron chi connectivity index (χ2n) is 5.25. The minimum Gasteiger partial charge on any atom is -0.364 e. The van der Waals surface area contributed by atoms with Crippen LogP contribution in [0.2, 0.25) is 5.02 Å². The highest BCUT2D eigenvalue weighted by Crippen LogP contribution is 2.33. The first kappa shape index (κ1) is 14.3. The maximum atomic E-state index is 6.38. The van der Waals surface area contributed by atoms with E-state index in [1.54, 1.807) is 13.1 Å². The van der Waals surface area contributed by atoms with Crippen LogP contribution in [0.1, 0.15) is 30.4 Å². The van der Waals surface area contributed by atoms with Crippen LogP contribution < -0.4 is 4.90 Å². The van der Waals surface area contributed by atoms with Crippen LogP contribution in [0.5, 0.6) is 0 Å². The zero-order chi connectivity index (χ0) is 15.0. The summed E-state index contributed by atoms with van der Waals surface area (Å²) in [5.41, 5.74) is 1.78. The van der Waals surface area contributed by atoms with Gasteiger partial charge in [-0.15, -0.1) is 0 Å². The van der Waals surface area contributed by atoms with Crippen molar-refractivity contribution in [3.8, 4) is 0 Å². The summed E-state index contributed by atoms with van der Waals surface area (Å²) < 4.78 is 11.1. The van der Waals surface area contributed by atoms with E-state index < -0.39 is 0 Å². The lowest BCUT2D eigenvalue weighted by atomic mass is 10.2. The fourth-order valence-electron chi connectivity index (χ4n) is 2.51. The van der Waals surface area contributed by atoms with Crippen LogP contribution in [-0.2, 0) is 4.74 Å². The van der Waals surface area contributed by atoms with Gasteiger partial charge in [-0.2, -0.15) is 4.98 Å². The largest absolute Gasteiger partial charge is 0.364 e. The second-order valence-corrected chi connectivity index (χ2v) is 5.63. The van der Waals surface area contributed by atoms with Crippen LogP contribution in [0.3, 0.4) is 0 Å². The SMILES string of the molecule is Cc1noc([C@H]2CN(c3ccnc(C)c3Cl)C[C@@H](C)O2)n1. The summed E-state index contributed by atoms with van der Waals surface area (Å²) >= 11 is 6.38.